The van der Waals surface area contributed by atoms with Gasteiger partial charge in [0.25, 0.3) is 0 Å². The zero-order chi connectivity index (χ0) is 44.5. The fourth-order valence-corrected chi connectivity index (χ4v) is 9.50. The predicted octanol–water partition coefficient (Wildman–Crippen LogP) is 18.3. The van der Waals surface area contributed by atoms with Crippen molar-refractivity contribution in [1.82, 2.24) is 0 Å². The highest BCUT2D eigenvalue weighted by Gasteiger charge is 2.21. The second-order valence-corrected chi connectivity index (χ2v) is 17.0. The predicted molar refractivity (Wildman–Crippen MR) is 282 cm³/mol. The Balaban J connectivity index is 0.976. The largest absolute Gasteiger partial charge is 0.454 e. The molecular weight excluding hydrogens is 813 g/mol. The molecule has 11 aromatic carbocycles. The summed E-state index contributed by atoms with van der Waals surface area (Å²) in [5.74, 6) is 0. The van der Waals surface area contributed by atoms with Crippen molar-refractivity contribution in [2.24, 2.45) is 0 Å². The van der Waals surface area contributed by atoms with Crippen molar-refractivity contribution in [3.05, 3.63) is 267 Å². The van der Waals surface area contributed by atoms with Gasteiger partial charge in [-0.1, -0.05) is 188 Å². The van der Waals surface area contributed by atoms with Gasteiger partial charge in [-0.15, -0.1) is 0 Å². The van der Waals surface area contributed by atoms with Crippen LogP contribution in [0.5, 0.6) is 0 Å². The third kappa shape index (κ3) is 7.69. The summed E-state index contributed by atoms with van der Waals surface area (Å²) in [7, 11) is 0. The molecule has 0 aliphatic carbocycles. The normalized spacial score (nSPS) is 11.3. The number of benzene rings is 11. The van der Waals surface area contributed by atoms with Gasteiger partial charge in [0.2, 0.25) is 0 Å². The van der Waals surface area contributed by atoms with Crippen LogP contribution >= 0.6 is 0 Å². The second kappa shape index (κ2) is 17.2. The Labute approximate surface area is 390 Å². The quantitative estimate of drug-likeness (QED) is 0.137. The van der Waals surface area contributed by atoms with Crippen LogP contribution in [-0.4, -0.2) is 0 Å². The van der Waals surface area contributed by atoms with E-state index >= 15 is 0 Å². The third-order valence-corrected chi connectivity index (χ3v) is 12.8. The summed E-state index contributed by atoms with van der Waals surface area (Å²) in [6.07, 6.45) is 0. The van der Waals surface area contributed by atoms with Crippen molar-refractivity contribution in [3.63, 3.8) is 0 Å². The third-order valence-electron chi connectivity index (χ3n) is 12.8. The molecule has 0 aliphatic heterocycles. The smallest absolute Gasteiger partial charge is 0.159 e. The van der Waals surface area contributed by atoms with E-state index in [0.29, 0.717) is 0 Å². The lowest BCUT2D eigenvalue weighted by molar-refractivity contribution is 0.669. The summed E-state index contributed by atoms with van der Waals surface area (Å²) in [6.45, 7) is 0. The van der Waals surface area contributed by atoms with Crippen LogP contribution in [0.15, 0.2) is 271 Å². The van der Waals surface area contributed by atoms with E-state index in [1.807, 2.05) is 12.1 Å². The first kappa shape index (κ1) is 39.7. The fraction of sp³-hybridized carbons (Fsp3) is 0. The monoisotopic (exact) mass is 856 g/mol. The molecule has 3 heteroatoms. The maximum atomic E-state index is 6.70. The molecule has 3 nitrogen and oxygen atoms in total. The van der Waals surface area contributed by atoms with Crippen LogP contribution in [-0.2, 0) is 0 Å². The van der Waals surface area contributed by atoms with Gasteiger partial charge in [0, 0.05) is 39.2 Å². The number of nitrogens with zero attached hydrogens (tertiary/aromatic N) is 2. The van der Waals surface area contributed by atoms with Gasteiger partial charge in [-0.05, 0) is 134 Å². The molecule has 1 heterocycles. The van der Waals surface area contributed by atoms with Crippen LogP contribution in [0.2, 0.25) is 0 Å². The lowest BCUT2D eigenvalue weighted by Gasteiger charge is -2.27. The Morgan fingerprint density at radius 1 is 0.239 bits per heavy atom. The minimum Gasteiger partial charge on any atom is -0.454 e. The minimum atomic E-state index is 0.849. The summed E-state index contributed by atoms with van der Waals surface area (Å²) >= 11 is 0. The van der Waals surface area contributed by atoms with Gasteiger partial charge in [0.1, 0.15) is 5.58 Å². The molecular formula is C64H44N2O. The number of para-hydroxylation sites is 2. The van der Waals surface area contributed by atoms with Gasteiger partial charge in [0.05, 0.1) is 5.69 Å². The zero-order valence-corrected chi connectivity index (χ0v) is 36.7. The van der Waals surface area contributed by atoms with Crippen molar-refractivity contribution in [2.45, 2.75) is 0 Å². The first-order valence-corrected chi connectivity index (χ1v) is 22.8. The maximum Gasteiger partial charge on any atom is 0.159 e. The van der Waals surface area contributed by atoms with Crippen LogP contribution in [0.4, 0.5) is 34.1 Å². The molecule has 0 radical (unpaired) electrons. The van der Waals surface area contributed by atoms with Crippen LogP contribution < -0.4 is 9.80 Å². The van der Waals surface area contributed by atoms with E-state index in [2.05, 4.69) is 265 Å². The first-order chi connectivity index (χ1) is 33.2. The van der Waals surface area contributed by atoms with Crippen LogP contribution in [0.25, 0.3) is 77.2 Å². The molecule has 0 spiro atoms. The molecule has 0 saturated carbocycles. The molecule has 0 bridgehead atoms. The topological polar surface area (TPSA) is 19.6 Å². The van der Waals surface area contributed by atoms with Crippen LogP contribution in [0.1, 0.15) is 0 Å². The minimum absolute atomic E-state index is 0.849. The summed E-state index contributed by atoms with van der Waals surface area (Å²) in [4.78, 5) is 4.71. The molecule has 316 valence electrons. The fourth-order valence-electron chi connectivity index (χ4n) is 9.50. The molecule has 0 saturated heterocycles. The lowest BCUT2D eigenvalue weighted by atomic mass is 10.00. The Morgan fingerprint density at radius 2 is 0.642 bits per heavy atom. The molecule has 0 amide bonds. The van der Waals surface area contributed by atoms with Gasteiger partial charge in [-0.25, -0.2) is 0 Å². The van der Waals surface area contributed by atoms with Crippen molar-refractivity contribution in [3.8, 4) is 44.5 Å². The Morgan fingerprint density at radius 3 is 1.27 bits per heavy atom. The molecule has 1 aromatic heterocycles. The number of fused-ring (bicyclic) bond motifs is 4. The number of furan rings is 1. The Hall–Kier alpha value is -8.92. The standard InChI is InChI=1S/C64H44N2O/c1-4-16-45(17-5-1)48-34-37-55(38-35-48)65(59-39-36-53-40-52(32-33-54(53)44-59)47-20-8-3-9-21-47)56-25-13-23-50(42-56)51-24-14-27-58(43-51)66(57-26-12-22-49(41-57)46-18-6-2-7-19-46)62-30-15-29-61-60-28-10-11-31-63(60)67-64(61)62/h1-44H. The summed E-state index contributed by atoms with van der Waals surface area (Å²) in [6, 6.07) is 95.5. The van der Waals surface area contributed by atoms with E-state index in [9.17, 15) is 0 Å². The van der Waals surface area contributed by atoms with Crippen molar-refractivity contribution in [1.29, 1.82) is 0 Å². The highest BCUT2D eigenvalue weighted by atomic mass is 16.3. The van der Waals surface area contributed by atoms with Gasteiger partial charge >= 0.3 is 0 Å². The molecule has 0 unspecified atom stereocenters. The molecule has 67 heavy (non-hydrogen) atoms. The van der Waals surface area contributed by atoms with E-state index in [0.717, 1.165) is 72.8 Å². The Kier molecular flexibility index (Phi) is 10.2. The van der Waals surface area contributed by atoms with Crippen molar-refractivity contribution < 1.29 is 4.42 Å². The van der Waals surface area contributed by atoms with E-state index in [1.165, 1.54) is 38.6 Å². The summed E-state index contributed by atoms with van der Waals surface area (Å²) in [5.41, 5.74) is 17.3. The SMILES string of the molecule is c1ccc(-c2ccc(N(c3cccc(-c4cccc(N(c5cccc(-c6ccccc6)c5)c5cccc6c5oc5ccccc56)c4)c3)c3ccc4cc(-c5ccccc5)ccc4c3)cc2)cc1. The zero-order valence-electron chi connectivity index (χ0n) is 36.7. The van der Waals surface area contributed by atoms with E-state index in [4.69, 9.17) is 4.42 Å². The van der Waals surface area contributed by atoms with Crippen molar-refractivity contribution in [2.75, 3.05) is 9.80 Å². The number of hydrogen-bond acceptors (Lipinski definition) is 3. The highest BCUT2D eigenvalue weighted by Crippen LogP contribution is 2.45. The number of rotatable bonds is 10. The maximum absolute atomic E-state index is 6.70. The number of anilines is 6. The van der Waals surface area contributed by atoms with Crippen molar-refractivity contribution >= 4 is 66.8 Å². The van der Waals surface area contributed by atoms with Gasteiger partial charge in [-0.3, -0.25) is 0 Å². The molecule has 0 aliphatic rings. The first-order valence-electron chi connectivity index (χ1n) is 22.8. The lowest BCUT2D eigenvalue weighted by Crippen LogP contribution is -2.11. The van der Waals surface area contributed by atoms with E-state index in [-0.39, 0.29) is 0 Å². The van der Waals surface area contributed by atoms with Crippen LogP contribution in [0.3, 0.4) is 0 Å². The van der Waals surface area contributed by atoms with Gasteiger partial charge in [-0.2, -0.15) is 0 Å². The molecule has 0 N–H and O–H groups in total. The summed E-state index contributed by atoms with van der Waals surface area (Å²) in [5, 5.41) is 4.57. The highest BCUT2D eigenvalue weighted by molar-refractivity contribution is 6.10. The summed E-state index contributed by atoms with van der Waals surface area (Å²) < 4.78 is 6.70. The average Bonchev–Trinajstić information content (AvgIpc) is 3.80. The van der Waals surface area contributed by atoms with E-state index < -0.39 is 0 Å². The average molecular weight is 857 g/mol. The molecule has 0 fully saturated rings. The Bertz CT molecular complexity index is 3690. The van der Waals surface area contributed by atoms with Gasteiger partial charge in [0.15, 0.2) is 5.58 Å². The molecule has 12 rings (SSSR count). The van der Waals surface area contributed by atoms with Gasteiger partial charge < -0.3 is 14.2 Å². The van der Waals surface area contributed by atoms with Crippen LogP contribution in [0, 0.1) is 0 Å². The molecule has 12 aromatic rings. The molecule has 0 atom stereocenters. The number of hydrogen-bond donors (Lipinski definition) is 0. The second-order valence-electron chi connectivity index (χ2n) is 17.0. The van der Waals surface area contributed by atoms with E-state index in [1.54, 1.807) is 0 Å².